The minimum atomic E-state index is 0.984. The Morgan fingerprint density at radius 2 is 1.71 bits per heavy atom. The fraction of sp³-hybridized carbons (Fsp3) is 0.250. The number of aryl methyl sites for hydroxylation is 4. The Hall–Kier alpha value is -1.76. The van der Waals surface area contributed by atoms with Gasteiger partial charge in [0, 0.05) is 16.5 Å². The molecule has 1 nitrogen and oxygen atoms in total. The molecule has 1 radical (unpaired) electrons. The fourth-order valence-electron chi connectivity index (χ4n) is 2.84. The first kappa shape index (κ1) is 10.4. The summed E-state index contributed by atoms with van der Waals surface area (Å²) in [6.07, 6.45) is 2.98. The van der Waals surface area contributed by atoms with E-state index >= 15 is 0 Å². The predicted octanol–water partition coefficient (Wildman–Crippen LogP) is 4.62. The van der Waals surface area contributed by atoms with Crippen molar-refractivity contribution >= 4 is 21.7 Å². The smallest absolute Gasteiger partial charge is 0.173 e. The largest absolute Gasteiger partial charge is 0.452 e. The maximum absolute atomic E-state index is 5.58. The second kappa shape index (κ2) is 3.36. The number of benzene rings is 2. The van der Waals surface area contributed by atoms with Crippen molar-refractivity contribution in [3.05, 3.63) is 46.7 Å². The molecule has 0 saturated heterocycles. The predicted molar refractivity (Wildman–Crippen MR) is 71.5 cm³/mol. The van der Waals surface area contributed by atoms with Gasteiger partial charge < -0.3 is 4.42 Å². The third-order valence-electron chi connectivity index (χ3n) is 3.68. The Balaban J connectivity index is 2.71. The highest BCUT2D eigenvalue weighted by Gasteiger charge is 2.14. The molecule has 0 fully saturated rings. The highest BCUT2D eigenvalue weighted by Crippen LogP contribution is 2.35. The van der Waals surface area contributed by atoms with Crippen molar-refractivity contribution in [2.24, 2.45) is 0 Å². The summed E-state index contributed by atoms with van der Waals surface area (Å²) in [5.74, 6) is 0. The van der Waals surface area contributed by atoms with E-state index in [9.17, 15) is 0 Å². The second-order valence-electron chi connectivity index (χ2n) is 4.78. The fourth-order valence-corrected chi connectivity index (χ4v) is 2.84. The summed E-state index contributed by atoms with van der Waals surface area (Å²) >= 11 is 0. The van der Waals surface area contributed by atoms with Crippen molar-refractivity contribution < 1.29 is 4.42 Å². The summed E-state index contributed by atoms with van der Waals surface area (Å²) in [7, 11) is 0. The van der Waals surface area contributed by atoms with Crippen LogP contribution in [0.25, 0.3) is 21.7 Å². The molecular formula is C16H15O. The molecule has 17 heavy (non-hydrogen) atoms. The summed E-state index contributed by atoms with van der Waals surface area (Å²) in [5, 5.41) is 3.87. The van der Waals surface area contributed by atoms with E-state index in [1.807, 2.05) is 0 Å². The molecule has 0 spiro atoms. The van der Waals surface area contributed by atoms with Crippen molar-refractivity contribution in [3.8, 4) is 0 Å². The minimum absolute atomic E-state index is 0.984. The summed E-state index contributed by atoms with van der Waals surface area (Å²) < 4.78 is 5.58. The van der Waals surface area contributed by atoms with E-state index in [1.54, 1.807) is 0 Å². The zero-order valence-corrected chi connectivity index (χ0v) is 10.6. The molecule has 1 heterocycles. The molecule has 0 saturated carbocycles. The van der Waals surface area contributed by atoms with Crippen molar-refractivity contribution in [2.75, 3.05) is 0 Å². The number of furan rings is 1. The lowest BCUT2D eigenvalue weighted by Gasteiger charge is -2.10. The molecule has 0 aliphatic rings. The Bertz CT molecular complexity index is 732. The van der Waals surface area contributed by atoms with Gasteiger partial charge in [-0.25, -0.2) is 0 Å². The molecule has 0 N–H and O–H groups in total. The third-order valence-corrected chi connectivity index (χ3v) is 3.68. The van der Waals surface area contributed by atoms with Crippen LogP contribution in [0.3, 0.4) is 0 Å². The topological polar surface area (TPSA) is 13.1 Å². The van der Waals surface area contributed by atoms with Crippen LogP contribution in [0.5, 0.6) is 0 Å². The van der Waals surface area contributed by atoms with Crippen LogP contribution in [-0.2, 0) is 0 Å². The standard InChI is InChI=1S/C16H15O/c1-9-6-5-7-13-11(3)16-15(10(2)8-17-16)12(4)14(9)13/h5-7H,1-4H3. The summed E-state index contributed by atoms with van der Waals surface area (Å²) in [4.78, 5) is 0. The van der Waals surface area contributed by atoms with Crippen molar-refractivity contribution in [1.29, 1.82) is 0 Å². The maximum atomic E-state index is 5.58. The normalized spacial score (nSPS) is 11.5. The van der Waals surface area contributed by atoms with Gasteiger partial charge in [-0.2, -0.15) is 0 Å². The quantitative estimate of drug-likeness (QED) is 0.542. The summed E-state index contributed by atoms with van der Waals surface area (Å²) in [6, 6.07) is 6.44. The van der Waals surface area contributed by atoms with Crippen LogP contribution in [0.2, 0.25) is 0 Å². The molecule has 3 aromatic rings. The van der Waals surface area contributed by atoms with Crippen LogP contribution in [-0.4, -0.2) is 0 Å². The molecule has 0 aliphatic carbocycles. The van der Waals surface area contributed by atoms with E-state index in [2.05, 4.69) is 52.2 Å². The monoisotopic (exact) mass is 223 g/mol. The van der Waals surface area contributed by atoms with E-state index in [0.717, 1.165) is 11.1 Å². The van der Waals surface area contributed by atoms with Gasteiger partial charge in [-0.15, -0.1) is 0 Å². The number of rotatable bonds is 0. The van der Waals surface area contributed by atoms with Crippen LogP contribution in [0.1, 0.15) is 22.3 Å². The number of fused-ring (bicyclic) bond motifs is 2. The minimum Gasteiger partial charge on any atom is -0.452 e. The molecule has 1 aromatic heterocycles. The molecule has 0 aliphatic heterocycles. The van der Waals surface area contributed by atoms with Gasteiger partial charge in [0.1, 0.15) is 5.58 Å². The SMILES string of the molecule is Cc1c2cccc(C)c2c(C)c2c(C)[c]oc12. The van der Waals surface area contributed by atoms with Gasteiger partial charge in [-0.3, -0.25) is 0 Å². The average molecular weight is 223 g/mol. The highest BCUT2D eigenvalue weighted by molar-refractivity contribution is 6.05. The number of hydrogen-bond donors (Lipinski definition) is 0. The zero-order chi connectivity index (χ0) is 12.2. The third kappa shape index (κ3) is 1.25. The number of hydrogen-bond acceptors (Lipinski definition) is 1. The van der Waals surface area contributed by atoms with Crippen molar-refractivity contribution in [1.82, 2.24) is 0 Å². The van der Waals surface area contributed by atoms with E-state index in [4.69, 9.17) is 4.42 Å². The molecule has 85 valence electrons. The van der Waals surface area contributed by atoms with Gasteiger partial charge >= 0.3 is 0 Å². The van der Waals surface area contributed by atoms with Crippen LogP contribution in [0.4, 0.5) is 0 Å². The Morgan fingerprint density at radius 3 is 2.47 bits per heavy atom. The zero-order valence-electron chi connectivity index (χ0n) is 10.6. The van der Waals surface area contributed by atoms with Crippen molar-refractivity contribution in [2.45, 2.75) is 27.7 Å². The maximum Gasteiger partial charge on any atom is 0.173 e. The molecule has 0 bridgehead atoms. The Morgan fingerprint density at radius 1 is 0.941 bits per heavy atom. The van der Waals surface area contributed by atoms with Crippen LogP contribution >= 0.6 is 0 Å². The highest BCUT2D eigenvalue weighted by atomic mass is 16.3. The van der Waals surface area contributed by atoms with Crippen LogP contribution < -0.4 is 0 Å². The van der Waals surface area contributed by atoms with Gasteiger partial charge in [0.05, 0.1) is 0 Å². The van der Waals surface area contributed by atoms with Gasteiger partial charge in [-0.05, 0) is 49.6 Å². The first-order valence-electron chi connectivity index (χ1n) is 5.90. The van der Waals surface area contributed by atoms with Gasteiger partial charge in [0.25, 0.3) is 0 Å². The van der Waals surface area contributed by atoms with Gasteiger partial charge in [-0.1, -0.05) is 18.2 Å². The lowest BCUT2D eigenvalue weighted by atomic mass is 9.93. The first-order chi connectivity index (χ1) is 8.11. The van der Waals surface area contributed by atoms with E-state index in [0.29, 0.717) is 0 Å². The van der Waals surface area contributed by atoms with E-state index < -0.39 is 0 Å². The van der Waals surface area contributed by atoms with E-state index in [1.165, 1.54) is 32.8 Å². The van der Waals surface area contributed by atoms with E-state index in [-0.39, 0.29) is 0 Å². The molecule has 0 unspecified atom stereocenters. The Labute approximate surface area is 101 Å². The molecule has 2 aromatic carbocycles. The molecule has 0 atom stereocenters. The van der Waals surface area contributed by atoms with Crippen LogP contribution in [0.15, 0.2) is 22.6 Å². The summed E-state index contributed by atoms with van der Waals surface area (Å²) in [5.41, 5.74) is 5.93. The van der Waals surface area contributed by atoms with Gasteiger partial charge in [0.2, 0.25) is 0 Å². The molecular weight excluding hydrogens is 208 g/mol. The molecule has 0 amide bonds. The first-order valence-corrected chi connectivity index (χ1v) is 5.90. The Kier molecular flexibility index (Phi) is 2.06. The average Bonchev–Trinajstić information content (AvgIpc) is 2.68. The van der Waals surface area contributed by atoms with Gasteiger partial charge in [0.15, 0.2) is 6.26 Å². The second-order valence-corrected chi connectivity index (χ2v) is 4.78. The molecule has 3 rings (SSSR count). The molecule has 1 heteroatoms. The lowest BCUT2D eigenvalue weighted by Crippen LogP contribution is -1.89. The lowest BCUT2D eigenvalue weighted by molar-refractivity contribution is 0.601. The summed E-state index contributed by atoms with van der Waals surface area (Å²) in [6.45, 7) is 8.52. The van der Waals surface area contributed by atoms with Crippen LogP contribution in [0, 0.1) is 34.0 Å². The van der Waals surface area contributed by atoms with Crippen molar-refractivity contribution in [3.63, 3.8) is 0 Å².